The number of carboxylic acid groups (broad SMARTS) is 1. The molecule has 0 bridgehead atoms. The van der Waals surface area contributed by atoms with E-state index in [4.69, 9.17) is 29.9 Å². The summed E-state index contributed by atoms with van der Waals surface area (Å²) in [6.07, 6.45) is -2.18. The molecule has 0 spiro atoms. The first-order chi connectivity index (χ1) is 9.53. The van der Waals surface area contributed by atoms with Gasteiger partial charge in [0, 0.05) is 0 Å². The molecule has 1 aromatic rings. The minimum Gasteiger partial charge on any atom is -0.483 e. The number of hydrogen-bond donors (Lipinski definition) is 4. The highest BCUT2D eigenvalue weighted by molar-refractivity contribution is 5.32. The maximum Gasteiger partial charge on any atom is 0.301 e. The third-order valence-corrected chi connectivity index (χ3v) is 2.92. The second-order valence-electron chi connectivity index (χ2n) is 4.05. The van der Waals surface area contributed by atoms with E-state index in [1.54, 1.807) is 0 Å². The maximum absolute atomic E-state index is 13.2. The van der Waals surface area contributed by atoms with Crippen molar-refractivity contribution in [2.45, 2.75) is 24.5 Å². The molecule has 2 aliphatic rings. The Bertz CT molecular complexity index is 564. The van der Waals surface area contributed by atoms with Gasteiger partial charge in [0.05, 0.1) is 12.8 Å². The van der Waals surface area contributed by atoms with Crippen LogP contribution in [0.15, 0.2) is 6.20 Å². The molecule has 4 N–H and O–H groups in total. The number of rotatable bonds is 1. The number of aliphatic hydroxyl groups excluding tert-OH is 2. The third kappa shape index (κ3) is 2.24. The summed E-state index contributed by atoms with van der Waals surface area (Å²) in [5.74, 6) is -0.802. The van der Waals surface area contributed by atoms with Gasteiger partial charge in [-0.2, -0.15) is 4.98 Å². The molecule has 0 amide bonds. The molecule has 1 aromatic heterocycles. The molecule has 0 radical (unpaired) electrons. The smallest absolute Gasteiger partial charge is 0.301 e. The summed E-state index contributed by atoms with van der Waals surface area (Å²) >= 11 is 0. The molecule has 110 valence electrons. The van der Waals surface area contributed by atoms with Crippen LogP contribution < -0.4 is 10.2 Å². The van der Waals surface area contributed by atoms with Crippen LogP contribution in [0.2, 0.25) is 0 Å². The van der Waals surface area contributed by atoms with Gasteiger partial charge in [-0.1, -0.05) is 0 Å². The molecular formula is C10H12FN3O6. The van der Waals surface area contributed by atoms with Crippen LogP contribution in [0.1, 0.15) is 6.23 Å². The Morgan fingerprint density at radius 1 is 1.60 bits per heavy atom. The standard InChI is InChI=1S/C9H10FN3O4.CH2O2/c10-3-1-13-8-6(5(15)4(2-14)16-8)17-9(13)12-7(3)11;2-1-3/h1,4-6,8,11,14-15H,2H2;1H,(H,2,3). The predicted molar refractivity (Wildman–Crippen MR) is 58.2 cm³/mol. The van der Waals surface area contributed by atoms with Crippen molar-refractivity contribution in [1.82, 2.24) is 9.55 Å². The molecule has 0 saturated carbocycles. The molecule has 4 unspecified atom stereocenters. The number of fused-ring (bicyclic) bond motifs is 3. The Kier molecular flexibility index (Phi) is 3.97. The number of nitrogens with one attached hydrogen (secondary N) is 1. The monoisotopic (exact) mass is 289 g/mol. The lowest BCUT2D eigenvalue weighted by Gasteiger charge is -2.14. The lowest BCUT2D eigenvalue weighted by Crippen LogP contribution is -2.34. The van der Waals surface area contributed by atoms with Crippen molar-refractivity contribution >= 4 is 6.47 Å². The summed E-state index contributed by atoms with van der Waals surface area (Å²) in [5, 5.41) is 32.8. The predicted octanol–water partition coefficient (Wildman–Crippen LogP) is -1.79. The van der Waals surface area contributed by atoms with Gasteiger partial charge in [0.1, 0.15) is 12.2 Å². The molecule has 1 fully saturated rings. The number of nitrogens with zero attached hydrogens (tertiary/aromatic N) is 2. The average molecular weight is 289 g/mol. The van der Waals surface area contributed by atoms with E-state index in [1.807, 2.05) is 0 Å². The van der Waals surface area contributed by atoms with Gasteiger partial charge in [-0.25, -0.2) is 4.39 Å². The first-order valence-corrected chi connectivity index (χ1v) is 5.55. The summed E-state index contributed by atoms with van der Waals surface area (Å²) in [4.78, 5) is 12.0. The summed E-state index contributed by atoms with van der Waals surface area (Å²) in [6, 6.07) is 0.0295. The highest BCUT2D eigenvalue weighted by Gasteiger charge is 2.51. The lowest BCUT2D eigenvalue weighted by atomic mass is 10.1. The third-order valence-electron chi connectivity index (χ3n) is 2.92. The van der Waals surface area contributed by atoms with Crippen LogP contribution in [0.4, 0.5) is 4.39 Å². The van der Waals surface area contributed by atoms with Crippen molar-refractivity contribution < 1.29 is 34.0 Å². The van der Waals surface area contributed by atoms with Crippen molar-refractivity contribution in [3.8, 4) is 6.01 Å². The number of aliphatic hydroxyl groups is 2. The van der Waals surface area contributed by atoms with E-state index in [0.717, 1.165) is 6.20 Å². The Morgan fingerprint density at radius 3 is 2.85 bits per heavy atom. The Labute approximate surface area is 111 Å². The second-order valence-corrected chi connectivity index (χ2v) is 4.05. The normalized spacial score (nSPS) is 29.8. The first-order valence-electron chi connectivity index (χ1n) is 5.55. The maximum atomic E-state index is 13.2. The van der Waals surface area contributed by atoms with Gasteiger partial charge in [0.15, 0.2) is 23.6 Å². The van der Waals surface area contributed by atoms with Gasteiger partial charge in [0.25, 0.3) is 6.47 Å². The van der Waals surface area contributed by atoms with Gasteiger partial charge in [-0.05, 0) is 0 Å². The first kappa shape index (κ1) is 14.4. The van der Waals surface area contributed by atoms with Crippen LogP contribution in [0, 0.1) is 11.2 Å². The van der Waals surface area contributed by atoms with E-state index < -0.39 is 35.8 Å². The van der Waals surface area contributed by atoms with E-state index in [-0.39, 0.29) is 19.1 Å². The zero-order valence-electron chi connectivity index (χ0n) is 10.0. The van der Waals surface area contributed by atoms with Crippen LogP contribution >= 0.6 is 0 Å². The largest absolute Gasteiger partial charge is 0.483 e. The highest BCUT2D eigenvalue weighted by Crippen LogP contribution is 2.38. The zero-order chi connectivity index (χ0) is 14.9. The molecule has 9 nitrogen and oxygen atoms in total. The summed E-state index contributed by atoms with van der Waals surface area (Å²) in [5.41, 5.74) is -0.524. The SMILES string of the molecule is N=c1nc2n(cc1F)C1OC(CO)C(O)C1O2.O=CO. The van der Waals surface area contributed by atoms with E-state index in [9.17, 15) is 9.50 Å². The molecular weight excluding hydrogens is 277 g/mol. The molecule has 2 aliphatic heterocycles. The Balaban J connectivity index is 0.000000452. The minimum atomic E-state index is -1.01. The number of carbonyl (C=O) groups is 1. The quantitative estimate of drug-likeness (QED) is 0.448. The number of ether oxygens (including phenoxy) is 2. The highest BCUT2D eigenvalue weighted by atomic mass is 19.1. The van der Waals surface area contributed by atoms with Crippen molar-refractivity contribution in [3.05, 3.63) is 17.5 Å². The average Bonchev–Trinajstić information content (AvgIpc) is 2.89. The van der Waals surface area contributed by atoms with Crippen molar-refractivity contribution in [3.63, 3.8) is 0 Å². The van der Waals surface area contributed by atoms with E-state index >= 15 is 0 Å². The summed E-state index contributed by atoms with van der Waals surface area (Å²) in [6.45, 7) is -0.597. The fourth-order valence-corrected chi connectivity index (χ4v) is 2.06. The van der Waals surface area contributed by atoms with Gasteiger partial charge in [-0.3, -0.25) is 14.8 Å². The molecule has 0 aromatic carbocycles. The minimum absolute atomic E-state index is 0.0295. The van der Waals surface area contributed by atoms with Crippen molar-refractivity contribution in [2.24, 2.45) is 0 Å². The molecule has 4 atom stereocenters. The zero-order valence-corrected chi connectivity index (χ0v) is 10.0. The fraction of sp³-hybridized carbons (Fsp3) is 0.500. The number of halogens is 1. The van der Waals surface area contributed by atoms with Gasteiger partial charge < -0.3 is 24.8 Å². The molecule has 10 heteroatoms. The van der Waals surface area contributed by atoms with Crippen LogP contribution in [0.3, 0.4) is 0 Å². The molecule has 0 aliphatic carbocycles. The van der Waals surface area contributed by atoms with Crippen LogP contribution in [0.25, 0.3) is 0 Å². The summed E-state index contributed by atoms with van der Waals surface area (Å²) < 4.78 is 25.1. The molecule has 3 heterocycles. The molecule has 20 heavy (non-hydrogen) atoms. The van der Waals surface area contributed by atoms with E-state index in [2.05, 4.69) is 4.98 Å². The van der Waals surface area contributed by atoms with Crippen molar-refractivity contribution in [1.29, 1.82) is 5.41 Å². The van der Waals surface area contributed by atoms with Gasteiger partial charge >= 0.3 is 6.01 Å². The molecule has 1 saturated heterocycles. The van der Waals surface area contributed by atoms with Gasteiger partial charge in [-0.15, -0.1) is 0 Å². The lowest BCUT2D eigenvalue weighted by molar-refractivity contribution is -0.122. The topological polar surface area (TPSA) is 138 Å². The van der Waals surface area contributed by atoms with E-state index in [0.29, 0.717) is 0 Å². The summed E-state index contributed by atoms with van der Waals surface area (Å²) in [7, 11) is 0. The Morgan fingerprint density at radius 2 is 2.25 bits per heavy atom. The van der Waals surface area contributed by atoms with Crippen LogP contribution in [-0.2, 0) is 9.53 Å². The number of hydrogen-bond acceptors (Lipinski definition) is 7. The second kappa shape index (κ2) is 5.53. The van der Waals surface area contributed by atoms with Gasteiger partial charge in [0.2, 0.25) is 0 Å². The van der Waals surface area contributed by atoms with Crippen molar-refractivity contribution in [2.75, 3.05) is 6.61 Å². The van der Waals surface area contributed by atoms with Crippen LogP contribution in [0.5, 0.6) is 6.01 Å². The van der Waals surface area contributed by atoms with Crippen LogP contribution in [-0.4, -0.2) is 56.3 Å². The Hall–Kier alpha value is -2.04. The number of aromatic nitrogens is 2. The van der Waals surface area contributed by atoms with E-state index in [1.165, 1.54) is 4.57 Å². The molecule has 3 rings (SSSR count). The fourth-order valence-electron chi connectivity index (χ4n) is 2.06.